The van der Waals surface area contributed by atoms with Gasteiger partial charge in [-0.25, -0.2) is 4.79 Å². The number of aryl methyl sites for hydroxylation is 1. The molecule has 3 aromatic heterocycles. The number of anilines is 2. The van der Waals surface area contributed by atoms with Crippen LogP contribution in [0.2, 0.25) is 0 Å². The molecular formula is C33H35N6O2P. The Hall–Kier alpha value is -4.16. The van der Waals surface area contributed by atoms with Crippen LogP contribution in [0.15, 0.2) is 54.0 Å². The molecule has 0 radical (unpaired) electrons. The van der Waals surface area contributed by atoms with Gasteiger partial charge in [0.25, 0.3) is 0 Å². The van der Waals surface area contributed by atoms with Gasteiger partial charge in [-0.15, -0.1) is 8.19 Å². The molecule has 1 amide bonds. The summed E-state index contributed by atoms with van der Waals surface area (Å²) in [5.41, 5.74) is 5.71. The Morgan fingerprint density at radius 2 is 2.02 bits per heavy atom. The fourth-order valence-electron chi connectivity index (χ4n) is 6.93. The van der Waals surface area contributed by atoms with Gasteiger partial charge < -0.3 is 15.1 Å². The third-order valence-electron chi connectivity index (χ3n) is 8.84. The normalized spacial score (nSPS) is 17.1. The van der Waals surface area contributed by atoms with Gasteiger partial charge in [0.05, 0.1) is 16.9 Å². The van der Waals surface area contributed by atoms with Crippen molar-refractivity contribution < 1.29 is 4.79 Å². The van der Waals surface area contributed by atoms with E-state index < -0.39 is 0 Å². The molecule has 0 bridgehead atoms. The molecule has 1 saturated heterocycles. The van der Waals surface area contributed by atoms with Gasteiger partial charge in [-0.05, 0) is 61.6 Å². The van der Waals surface area contributed by atoms with Crippen LogP contribution in [-0.2, 0) is 11.2 Å². The van der Waals surface area contributed by atoms with Crippen molar-refractivity contribution >= 4 is 57.5 Å². The van der Waals surface area contributed by atoms with Gasteiger partial charge in [0.15, 0.2) is 0 Å². The summed E-state index contributed by atoms with van der Waals surface area (Å²) >= 11 is 0. The second kappa shape index (κ2) is 9.99. The molecule has 7 rings (SSSR count). The fourth-order valence-corrected chi connectivity index (χ4v) is 8.40. The number of nitrogens with one attached hydrogen (secondary N) is 1. The van der Waals surface area contributed by atoms with E-state index in [1.165, 1.54) is 32.6 Å². The molecule has 0 spiro atoms. The quantitative estimate of drug-likeness (QED) is 0.274. The van der Waals surface area contributed by atoms with Crippen LogP contribution >= 0.6 is 8.19 Å². The maximum atomic E-state index is 14.4. The number of pyridine rings is 1. The number of amides is 1. The monoisotopic (exact) mass is 578 g/mol. The van der Waals surface area contributed by atoms with E-state index >= 15 is 0 Å². The largest absolute Gasteiger partial charge is 0.384 e. The van der Waals surface area contributed by atoms with E-state index in [1.54, 1.807) is 0 Å². The highest BCUT2D eigenvalue weighted by Gasteiger charge is 2.31. The van der Waals surface area contributed by atoms with Crippen LogP contribution in [0, 0.1) is 6.92 Å². The number of fused-ring (bicyclic) bond motifs is 2. The third kappa shape index (κ3) is 3.96. The van der Waals surface area contributed by atoms with Crippen molar-refractivity contribution in [3.05, 3.63) is 76.5 Å². The second-order valence-corrected chi connectivity index (χ2v) is 13.1. The molecule has 0 aliphatic carbocycles. The summed E-state index contributed by atoms with van der Waals surface area (Å²) in [6.07, 6.45) is 3.99. The lowest BCUT2D eigenvalue weighted by Crippen LogP contribution is -2.54. The number of aromatic nitrogens is 3. The molecule has 0 saturated carbocycles. The van der Waals surface area contributed by atoms with Crippen LogP contribution in [0.1, 0.15) is 43.5 Å². The minimum absolute atomic E-state index is 0.0137. The van der Waals surface area contributed by atoms with Gasteiger partial charge in [-0.3, -0.25) is 14.3 Å². The number of piperazine rings is 1. The van der Waals surface area contributed by atoms with E-state index in [-0.39, 0.29) is 23.6 Å². The van der Waals surface area contributed by atoms with Crippen molar-refractivity contribution in [1.82, 2.24) is 19.4 Å². The molecule has 2 atom stereocenters. The highest BCUT2D eigenvalue weighted by molar-refractivity contribution is 7.44. The minimum Gasteiger partial charge on any atom is -0.384 e. The summed E-state index contributed by atoms with van der Waals surface area (Å²) in [4.78, 5) is 40.4. The molecule has 2 aliphatic heterocycles. The van der Waals surface area contributed by atoms with Gasteiger partial charge in [-0.1, -0.05) is 32.6 Å². The standard InChI is InChI=1S/C33H35N6O2P/c1-6-26(40)37-14-15-38(20(5)17-37)32-22-16-25-27-21(11-13-34-23-8-7-9-24(42-25)28(23)27)31(22)39(33(41)36-32)30-19(4)10-12-35-29(30)18(2)3/h6-10,12,16,18,20,34,42H,1,11,13-15,17H2,2-5H3/t20-/m0/s1. The summed E-state index contributed by atoms with van der Waals surface area (Å²) in [7, 11) is 0.537. The van der Waals surface area contributed by atoms with Crippen LogP contribution in [0.25, 0.3) is 37.6 Å². The zero-order valence-corrected chi connectivity index (χ0v) is 25.5. The summed E-state index contributed by atoms with van der Waals surface area (Å²) in [5.74, 6) is 0.763. The van der Waals surface area contributed by atoms with Crippen LogP contribution in [0.5, 0.6) is 0 Å². The molecule has 1 fully saturated rings. The predicted molar refractivity (Wildman–Crippen MR) is 174 cm³/mol. The van der Waals surface area contributed by atoms with E-state index in [1.807, 2.05) is 21.7 Å². The van der Waals surface area contributed by atoms with E-state index in [4.69, 9.17) is 9.97 Å². The van der Waals surface area contributed by atoms with Gasteiger partial charge >= 0.3 is 5.69 Å². The number of hydrogen-bond acceptors (Lipinski definition) is 6. The molecule has 5 aromatic rings. The van der Waals surface area contributed by atoms with E-state index in [9.17, 15) is 9.59 Å². The number of nitrogens with zero attached hydrogens (tertiary/aromatic N) is 5. The van der Waals surface area contributed by atoms with E-state index in [0.29, 0.717) is 33.6 Å². The summed E-state index contributed by atoms with van der Waals surface area (Å²) in [6.45, 7) is 14.5. The lowest BCUT2D eigenvalue weighted by molar-refractivity contribution is -0.126. The van der Waals surface area contributed by atoms with Crippen molar-refractivity contribution in [3.63, 3.8) is 0 Å². The van der Waals surface area contributed by atoms with E-state index in [2.05, 4.69) is 68.8 Å². The summed E-state index contributed by atoms with van der Waals surface area (Å²) in [5, 5.41) is 9.83. The smallest absolute Gasteiger partial charge is 0.354 e. The first-order valence-corrected chi connectivity index (χ1v) is 15.7. The van der Waals surface area contributed by atoms with Crippen LogP contribution in [0.3, 0.4) is 0 Å². The molecule has 214 valence electrons. The summed E-state index contributed by atoms with van der Waals surface area (Å²) < 4.78 is 1.85. The molecular weight excluding hydrogens is 543 g/mol. The maximum Gasteiger partial charge on any atom is 0.354 e. The SMILES string of the molecule is C=CC(=O)N1CCN(c2nc(=O)n(-c3c(C)ccnc3C(C)C)c3c4c5c(cc23)[pH]c2cccc(c25)NCC4)[C@@H](C)C1. The van der Waals surface area contributed by atoms with E-state index in [0.717, 1.165) is 46.5 Å². The molecule has 2 aliphatic rings. The Balaban J connectivity index is 1.60. The Morgan fingerprint density at radius 1 is 1.19 bits per heavy atom. The third-order valence-corrected chi connectivity index (χ3v) is 10.2. The molecule has 1 N–H and O–H groups in total. The van der Waals surface area contributed by atoms with Crippen molar-refractivity contribution in [3.8, 4) is 5.69 Å². The highest BCUT2D eigenvalue weighted by Crippen LogP contribution is 2.48. The van der Waals surface area contributed by atoms with Gasteiger partial charge in [0.2, 0.25) is 5.91 Å². The first-order chi connectivity index (χ1) is 20.3. The first kappa shape index (κ1) is 26.7. The lowest BCUT2D eigenvalue weighted by Gasteiger charge is -2.40. The van der Waals surface area contributed by atoms with Gasteiger partial charge in [0.1, 0.15) is 5.82 Å². The maximum absolute atomic E-state index is 14.4. The van der Waals surface area contributed by atoms with Crippen molar-refractivity contribution in [2.45, 2.75) is 46.1 Å². The Bertz CT molecular complexity index is 1990. The first-order valence-electron chi connectivity index (χ1n) is 14.7. The highest BCUT2D eigenvalue weighted by atomic mass is 31.0. The number of benzene rings is 2. The lowest BCUT2D eigenvalue weighted by atomic mass is 9.98. The molecule has 8 nitrogen and oxygen atoms in total. The zero-order chi connectivity index (χ0) is 29.3. The van der Waals surface area contributed by atoms with Crippen molar-refractivity contribution in [2.75, 3.05) is 36.4 Å². The average Bonchev–Trinajstić information content (AvgIpc) is 3.23. The Morgan fingerprint density at radius 3 is 2.79 bits per heavy atom. The zero-order valence-electron chi connectivity index (χ0n) is 24.5. The Labute approximate surface area is 246 Å². The number of carbonyl (C=O) groups excluding carboxylic acids is 1. The molecule has 9 heteroatoms. The number of rotatable bonds is 4. The van der Waals surface area contributed by atoms with Crippen LogP contribution < -0.4 is 15.9 Å². The van der Waals surface area contributed by atoms with Crippen molar-refractivity contribution in [1.29, 1.82) is 0 Å². The topological polar surface area (TPSA) is 83.4 Å². The average molecular weight is 579 g/mol. The number of carbonyl (C=O) groups is 1. The summed E-state index contributed by atoms with van der Waals surface area (Å²) in [6, 6.07) is 10.8. The molecule has 2 aromatic carbocycles. The fraction of sp³-hybridized carbons (Fsp3) is 0.333. The van der Waals surface area contributed by atoms with Gasteiger partial charge in [0, 0.05) is 70.5 Å². The van der Waals surface area contributed by atoms with Crippen molar-refractivity contribution in [2.24, 2.45) is 0 Å². The van der Waals surface area contributed by atoms with Crippen LogP contribution in [0.4, 0.5) is 11.5 Å². The molecule has 1 unspecified atom stereocenters. The minimum atomic E-state index is -0.297. The number of hydrogen-bond donors (Lipinski definition) is 1. The molecule has 5 heterocycles. The molecule has 42 heavy (non-hydrogen) atoms. The Kier molecular flexibility index (Phi) is 6.35. The second-order valence-electron chi connectivity index (χ2n) is 11.8. The predicted octanol–water partition coefficient (Wildman–Crippen LogP) is 5.74. The van der Waals surface area contributed by atoms with Gasteiger partial charge in [-0.2, -0.15) is 4.98 Å². The van der Waals surface area contributed by atoms with Crippen LogP contribution in [-0.4, -0.2) is 57.6 Å².